The zero-order valence-electron chi connectivity index (χ0n) is 14.7. The zero-order valence-corrected chi connectivity index (χ0v) is 14.7. The molecule has 0 spiro atoms. The minimum absolute atomic E-state index is 0.0618. The lowest BCUT2D eigenvalue weighted by Crippen LogP contribution is -2.49. The van der Waals surface area contributed by atoms with Crippen molar-refractivity contribution in [3.8, 4) is 18.2 Å². The third-order valence-electron chi connectivity index (χ3n) is 5.09. The molecular formula is C19H17N5O3. The average Bonchev–Trinajstić information content (AvgIpc) is 3.21. The molecule has 8 heteroatoms. The summed E-state index contributed by atoms with van der Waals surface area (Å²) in [5.41, 5.74) is 5.75. The van der Waals surface area contributed by atoms with Crippen molar-refractivity contribution in [2.24, 2.45) is 17.1 Å². The maximum Gasteiger partial charge on any atom is 0.410 e. The van der Waals surface area contributed by atoms with E-state index in [1.807, 2.05) is 18.2 Å². The van der Waals surface area contributed by atoms with E-state index in [1.165, 1.54) is 17.4 Å². The fourth-order valence-electron chi connectivity index (χ4n) is 3.87. The number of hydrogen-bond acceptors (Lipinski definition) is 7. The summed E-state index contributed by atoms with van der Waals surface area (Å²) >= 11 is 0. The van der Waals surface area contributed by atoms with Crippen LogP contribution in [0.5, 0.6) is 0 Å². The summed E-state index contributed by atoms with van der Waals surface area (Å²) in [6, 6.07) is 7.75. The number of rotatable bonds is 2. The van der Waals surface area contributed by atoms with Crippen molar-refractivity contribution < 1.29 is 13.9 Å². The summed E-state index contributed by atoms with van der Waals surface area (Å²) in [4.78, 5) is 13.7. The molecule has 0 radical (unpaired) electrons. The van der Waals surface area contributed by atoms with E-state index in [0.29, 0.717) is 11.1 Å². The first-order valence-electron chi connectivity index (χ1n) is 8.41. The van der Waals surface area contributed by atoms with Crippen LogP contribution in [0.25, 0.3) is 0 Å². The van der Waals surface area contributed by atoms with Gasteiger partial charge in [-0.3, -0.25) is 0 Å². The Kier molecular flexibility index (Phi) is 4.62. The van der Waals surface area contributed by atoms with Gasteiger partial charge in [-0.25, -0.2) is 4.79 Å². The molecule has 0 aromatic carbocycles. The molecule has 2 aliphatic rings. The maximum atomic E-state index is 12.2. The van der Waals surface area contributed by atoms with E-state index >= 15 is 0 Å². The topological polar surface area (TPSA) is 140 Å². The predicted molar refractivity (Wildman–Crippen MR) is 92.1 cm³/mol. The molecule has 2 atom stereocenters. The van der Waals surface area contributed by atoms with Gasteiger partial charge in [0.1, 0.15) is 6.07 Å². The molecule has 8 nitrogen and oxygen atoms in total. The Bertz CT molecular complexity index is 925. The average molecular weight is 363 g/mol. The van der Waals surface area contributed by atoms with Gasteiger partial charge in [0.25, 0.3) is 0 Å². The Morgan fingerprint density at radius 1 is 1.44 bits per heavy atom. The SMILES string of the molecule is CCOC(=O)N1CC=C2C(C#N)=C(N)C(C#N)(C#N)[C@@H](c3ccoc3)[C@@H]2C1. The summed E-state index contributed by atoms with van der Waals surface area (Å²) in [5.74, 6) is -1.16. The fourth-order valence-corrected chi connectivity index (χ4v) is 3.87. The van der Waals surface area contributed by atoms with Crippen LogP contribution in [0.15, 0.2) is 45.9 Å². The van der Waals surface area contributed by atoms with Crippen molar-refractivity contribution in [2.75, 3.05) is 19.7 Å². The van der Waals surface area contributed by atoms with Gasteiger partial charge < -0.3 is 19.8 Å². The number of fused-ring (bicyclic) bond motifs is 1. The molecule has 0 fully saturated rings. The standard InChI is InChI=1S/C19H17N5O3/c1-2-27-18(25)24-5-3-13-14(7-20)17(23)19(10-21,11-22)16(15(13)8-24)12-4-6-26-9-12/h3-4,6,9,15-16H,2,5,8,23H2,1H3/t15-,16+/m1/s1. The van der Waals surface area contributed by atoms with Crippen LogP contribution in [0.4, 0.5) is 4.79 Å². The van der Waals surface area contributed by atoms with Gasteiger partial charge >= 0.3 is 6.09 Å². The molecule has 2 heterocycles. The summed E-state index contributed by atoms with van der Waals surface area (Å²) < 4.78 is 10.2. The number of ether oxygens (including phenoxy) is 1. The maximum absolute atomic E-state index is 12.2. The van der Waals surface area contributed by atoms with Crippen LogP contribution in [0, 0.1) is 45.3 Å². The van der Waals surface area contributed by atoms with Crippen molar-refractivity contribution in [3.05, 3.63) is 47.1 Å². The molecule has 27 heavy (non-hydrogen) atoms. The Balaban J connectivity index is 2.20. The van der Waals surface area contributed by atoms with Gasteiger partial charge in [0, 0.05) is 24.9 Å². The van der Waals surface area contributed by atoms with Crippen molar-refractivity contribution in [3.63, 3.8) is 0 Å². The first-order valence-corrected chi connectivity index (χ1v) is 8.41. The molecule has 3 rings (SSSR count). The van der Waals surface area contributed by atoms with Gasteiger partial charge in [-0.15, -0.1) is 0 Å². The van der Waals surface area contributed by atoms with Crippen LogP contribution in [0.2, 0.25) is 0 Å². The van der Waals surface area contributed by atoms with E-state index < -0.39 is 23.3 Å². The highest BCUT2D eigenvalue weighted by atomic mass is 16.6. The Hall–Kier alpha value is -3.70. The minimum Gasteiger partial charge on any atom is -0.472 e. The smallest absolute Gasteiger partial charge is 0.410 e. The second kappa shape index (κ2) is 6.90. The quantitative estimate of drug-likeness (QED) is 0.848. The molecule has 0 saturated heterocycles. The fraction of sp³-hybridized carbons (Fsp3) is 0.368. The highest BCUT2D eigenvalue weighted by Crippen LogP contribution is 2.54. The lowest BCUT2D eigenvalue weighted by atomic mass is 9.58. The van der Waals surface area contributed by atoms with Crippen molar-refractivity contribution in [1.82, 2.24) is 4.90 Å². The van der Waals surface area contributed by atoms with Crippen LogP contribution in [0.1, 0.15) is 18.4 Å². The Morgan fingerprint density at radius 2 is 2.19 bits per heavy atom. The second-order valence-corrected chi connectivity index (χ2v) is 6.34. The van der Waals surface area contributed by atoms with E-state index in [-0.39, 0.29) is 31.0 Å². The van der Waals surface area contributed by atoms with Crippen LogP contribution in [-0.4, -0.2) is 30.7 Å². The van der Waals surface area contributed by atoms with Gasteiger partial charge in [-0.1, -0.05) is 6.08 Å². The van der Waals surface area contributed by atoms with Crippen LogP contribution in [-0.2, 0) is 4.74 Å². The summed E-state index contributed by atoms with van der Waals surface area (Å²) in [6.07, 6.45) is 4.16. The predicted octanol–water partition coefficient (Wildman–Crippen LogP) is 2.16. The van der Waals surface area contributed by atoms with Gasteiger partial charge in [-0.05, 0) is 24.1 Å². The molecular weight excluding hydrogens is 346 g/mol. The van der Waals surface area contributed by atoms with E-state index in [0.717, 1.165) is 0 Å². The lowest BCUT2D eigenvalue weighted by Gasteiger charge is -2.44. The third kappa shape index (κ3) is 2.61. The summed E-state index contributed by atoms with van der Waals surface area (Å²) in [5, 5.41) is 29.4. The van der Waals surface area contributed by atoms with E-state index in [1.54, 1.807) is 19.1 Å². The van der Waals surface area contributed by atoms with E-state index in [9.17, 15) is 20.6 Å². The molecule has 1 aliphatic carbocycles. The molecule has 2 N–H and O–H groups in total. The van der Waals surface area contributed by atoms with Crippen LogP contribution >= 0.6 is 0 Å². The number of nitrogens with two attached hydrogens (primary N) is 1. The minimum atomic E-state index is -1.74. The summed E-state index contributed by atoms with van der Waals surface area (Å²) in [7, 11) is 0. The van der Waals surface area contributed by atoms with Gasteiger partial charge in [0.05, 0.1) is 42.5 Å². The number of furan rings is 1. The van der Waals surface area contributed by atoms with Crippen LogP contribution < -0.4 is 5.73 Å². The van der Waals surface area contributed by atoms with Crippen molar-refractivity contribution in [2.45, 2.75) is 12.8 Å². The van der Waals surface area contributed by atoms with Crippen LogP contribution in [0.3, 0.4) is 0 Å². The Labute approximate surface area is 156 Å². The first-order chi connectivity index (χ1) is 13.0. The van der Waals surface area contributed by atoms with Crippen molar-refractivity contribution in [1.29, 1.82) is 15.8 Å². The number of carbonyl (C=O) groups is 1. The number of hydrogen-bond donors (Lipinski definition) is 1. The highest BCUT2D eigenvalue weighted by Gasteiger charge is 2.55. The third-order valence-corrected chi connectivity index (χ3v) is 5.09. The largest absolute Gasteiger partial charge is 0.472 e. The first kappa shape index (κ1) is 18.1. The van der Waals surface area contributed by atoms with E-state index in [2.05, 4.69) is 0 Å². The normalized spacial score (nSPS) is 23.3. The number of allylic oxidation sites excluding steroid dienone is 2. The molecule has 0 unspecified atom stereocenters. The van der Waals surface area contributed by atoms with Gasteiger partial charge in [0.15, 0.2) is 5.41 Å². The lowest BCUT2D eigenvalue weighted by molar-refractivity contribution is 0.0999. The molecule has 1 aromatic heterocycles. The molecule has 1 aromatic rings. The van der Waals surface area contributed by atoms with Gasteiger partial charge in [0.2, 0.25) is 0 Å². The molecule has 1 aliphatic heterocycles. The Morgan fingerprint density at radius 3 is 2.74 bits per heavy atom. The zero-order chi connectivity index (χ0) is 19.6. The molecule has 0 bridgehead atoms. The number of nitrogens with zero attached hydrogens (tertiary/aromatic N) is 4. The number of nitriles is 3. The van der Waals surface area contributed by atoms with E-state index in [4.69, 9.17) is 14.9 Å². The highest BCUT2D eigenvalue weighted by molar-refractivity contribution is 5.69. The second-order valence-electron chi connectivity index (χ2n) is 6.34. The molecule has 136 valence electrons. The molecule has 1 amide bonds. The summed E-state index contributed by atoms with van der Waals surface area (Å²) in [6.45, 7) is 2.40. The monoisotopic (exact) mass is 363 g/mol. The number of amides is 1. The van der Waals surface area contributed by atoms with Crippen molar-refractivity contribution >= 4 is 6.09 Å². The number of carbonyl (C=O) groups excluding carboxylic acids is 1. The van der Waals surface area contributed by atoms with Gasteiger partial charge in [-0.2, -0.15) is 15.8 Å². The molecule has 0 saturated carbocycles.